The highest BCUT2D eigenvalue weighted by Gasteiger charge is 2.37. The molecule has 2 N–H and O–H groups in total. The summed E-state index contributed by atoms with van der Waals surface area (Å²) < 4.78 is 28.7. The van der Waals surface area contributed by atoms with E-state index in [9.17, 15) is 23.2 Å². The molecule has 0 unspecified atom stereocenters. The Morgan fingerprint density at radius 3 is 2.53 bits per heavy atom. The van der Waals surface area contributed by atoms with Gasteiger partial charge in [0, 0.05) is 55.5 Å². The van der Waals surface area contributed by atoms with Crippen LogP contribution in [0.4, 0.5) is 19.3 Å². The molecular formula is C27H26F2N4O3. The lowest BCUT2D eigenvalue weighted by molar-refractivity contribution is -0.118. The number of pyridine rings is 1. The maximum Gasteiger partial charge on any atom is 0.318 e. The van der Waals surface area contributed by atoms with Crippen LogP contribution in [-0.4, -0.2) is 40.5 Å². The van der Waals surface area contributed by atoms with Crippen LogP contribution in [0, 0.1) is 17.6 Å². The molecular weight excluding hydrogens is 466 g/mol. The van der Waals surface area contributed by atoms with Gasteiger partial charge >= 0.3 is 6.03 Å². The molecule has 0 aliphatic carbocycles. The van der Waals surface area contributed by atoms with Crippen LogP contribution >= 0.6 is 0 Å². The van der Waals surface area contributed by atoms with Crippen molar-refractivity contribution >= 4 is 17.6 Å². The van der Waals surface area contributed by atoms with Gasteiger partial charge in [-0.15, -0.1) is 0 Å². The van der Waals surface area contributed by atoms with Gasteiger partial charge in [-0.3, -0.25) is 9.59 Å². The summed E-state index contributed by atoms with van der Waals surface area (Å²) >= 11 is 0. The van der Waals surface area contributed by atoms with E-state index in [1.807, 2.05) is 36.4 Å². The van der Waals surface area contributed by atoms with E-state index in [1.54, 1.807) is 21.6 Å². The first-order chi connectivity index (χ1) is 17.4. The number of rotatable bonds is 5. The van der Waals surface area contributed by atoms with Crippen LogP contribution in [0.25, 0.3) is 0 Å². The Hall–Kier alpha value is -4.01. The van der Waals surface area contributed by atoms with Gasteiger partial charge in [0.05, 0.1) is 0 Å². The first kappa shape index (κ1) is 23.7. The van der Waals surface area contributed by atoms with Crippen molar-refractivity contribution in [2.24, 2.45) is 5.92 Å². The predicted octanol–water partition coefficient (Wildman–Crippen LogP) is 3.51. The zero-order valence-electron chi connectivity index (χ0n) is 19.5. The first-order valence-corrected chi connectivity index (χ1v) is 11.9. The van der Waals surface area contributed by atoms with Crippen molar-refractivity contribution in [3.05, 3.63) is 100.0 Å². The lowest BCUT2D eigenvalue weighted by Gasteiger charge is -2.43. The zero-order chi connectivity index (χ0) is 25.2. The fourth-order valence-corrected chi connectivity index (χ4v) is 5.16. The number of piperidine rings is 1. The normalized spacial score (nSPS) is 19.2. The van der Waals surface area contributed by atoms with Crippen LogP contribution in [-0.2, 0) is 17.8 Å². The molecule has 2 bridgehead atoms. The minimum atomic E-state index is -1.07. The molecule has 1 saturated heterocycles. The molecule has 2 aliphatic heterocycles. The Bertz CT molecular complexity index is 1340. The number of likely N-dealkylation sites (tertiary alicyclic amines) is 1. The number of halogens is 2. The minimum Gasteiger partial charge on any atom is -0.326 e. The maximum absolute atomic E-state index is 13.6. The fraction of sp³-hybridized carbons (Fsp3) is 0.296. The van der Waals surface area contributed by atoms with Crippen molar-refractivity contribution < 1.29 is 18.4 Å². The second-order valence-electron chi connectivity index (χ2n) is 9.41. The highest BCUT2D eigenvalue weighted by atomic mass is 19.2. The molecule has 0 spiro atoms. The van der Waals surface area contributed by atoms with Crippen molar-refractivity contribution in [2.45, 2.75) is 31.3 Å². The van der Waals surface area contributed by atoms with Gasteiger partial charge in [0.2, 0.25) is 5.91 Å². The summed E-state index contributed by atoms with van der Waals surface area (Å²) in [4.78, 5) is 40.4. The summed E-state index contributed by atoms with van der Waals surface area (Å²) in [6, 6.07) is 16.2. The van der Waals surface area contributed by atoms with Crippen molar-refractivity contribution in [1.29, 1.82) is 0 Å². The molecule has 1 aromatic heterocycles. The van der Waals surface area contributed by atoms with E-state index < -0.39 is 23.6 Å². The Balaban J connectivity index is 1.33. The number of hydrogen-bond donors (Lipinski definition) is 2. The molecule has 1 fully saturated rings. The number of carbonyl (C=O) groups excluding carboxylic acids is 2. The fourth-order valence-electron chi connectivity index (χ4n) is 5.16. The number of carbonyl (C=O) groups is 2. The molecule has 9 heteroatoms. The average Bonchev–Trinajstić information content (AvgIpc) is 2.87. The molecule has 3 atom stereocenters. The number of fused-ring (bicyclic) bond motifs is 4. The largest absolute Gasteiger partial charge is 0.326 e. The minimum absolute atomic E-state index is 0.0306. The quantitative estimate of drug-likeness (QED) is 0.572. The van der Waals surface area contributed by atoms with Gasteiger partial charge in [-0.2, -0.15) is 0 Å². The van der Waals surface area contributed by atoms with Crippen molar-refractivity contribution in [1.82, 2.24) is 14.8 Å². The lowest BCUT2D eigenvalue weighted by Crippen LogP contribution is -2.55. The van der Waals surface area contributed by atoms with Gasteiger partial charge in [-0.1, -0.05) is 36.4 Å². The molecule has 7 nitrogen and oxygen atoms in total. The Morgan fingerprint density at radius 2 is 1.75 bits per heavy atom. The number of amides is 3. The summed E-state index contributed by atoms with van der Waals surface area (Å²) in [7, 11) is 0. The molecule has 3 heterocycles. The molecule has 0 radical (unpaired) electrons. The molecule has 186 valence electrons. The number of nitrogens with zero attached hydrogens (tertiary/aromatic N) is 2. The van der Waals surface area contributed by atoms with Crippen LogP contribution < -0.4 is 16.2 Å². The summed E-state index contributed by atoms with van der Waals surface area (Å²) in [5.41, 5.74) is 1.83. The molecule has 3 amide bonds. The van der Waals surface area contributed by atoms with Crippen LogP contribution in [0.1, 0.15) is 23.6 Å². The van der Waals surface area contributed by atoms with Gasteiger partial charge in [-0.25, -0.2) is 13.6 Å². The van der Waals surface area contributed by atoms with E-state index in [2.05, 4.69) is 10.6 Å². The van der Waals surface area contributed by atoms with Crippen LogP contribution in [0.5, 0.6) is 0 Å². The smallest absolute Gasteiger partial charge is 0.318 e. The Kier molecular flexibility index (Phi) is 6.54. The zero-order valence-corrected chi connectivity index (χ0v) is 19.5. The van der Waals surface area contributed by atoms with Crippen LogP contribution in [0.2, 0.25) is 0 Å². The second-order valence-corrected chi connectivity index (χ2v) is 9.41. The molecule has 2 aromatic carbocycles. The van der Waals surface area contributed by atoms with E-state index in [0.29, 0.717) is 19.6 Å². The summed E-state index contributed by atoms with van der Waals surface area (Å²) in [5.74, 6) is -2.43. The average molecular weight is 493 g/mol. The first-order valence-electron chi connectivity index (χ1n) is 11.9. The number of anilines is 1. The highest BCUT2D eigenvalue weighted by Crippen LogP contribution is 2.34. The number of benzene rings is 2. The number of urea groups is 1. The maximum atomic E-state index is 13.6. The Labute approximate surface area is 206 Å². The summed E-state index contributed by atoms with van der Waals surface area (Å²) in [5, 5.41) is 5.43. The standard InChI is InChI=1S/C27H26F2N4O3/c28-21-10-9-20(13-22(21)29)30-26(35)23(12-17-5-2-1-3-6-17)31-27(36)32-14-18-11-19(16-32)24-7-4-8-25(34)33(24)15-18/h1-10,13,18-19,23H,11-12,14-16H2,(H,30,35)(H,31,36)/t18-,19+,23+/m1/s1. The topological polar surface area (TPSA) is 83.4 Å². The van der Waals surface area contributed by atoms with Gasteiger partial charge < -0.3 is 20.1 Å². The van der Waals surface area contributed by atoms with Gasteiger partial charge in [-0.05, 0) is 36.1 Å². The van der Waals surface area contributed by atoms with E-state index in [4.69, 9.17) is 0 Å². The number of aromatic nitrogens is 1. The third kappa shape index (κ3) is 5.00. The Morgan fingerprint density at radius 1 is 0.944 bits per heavy atom. The van der Waals surface area contributed by atoms with Gasteiger partial charge in [0.25, 0.3) is 5.56 Å². The third-order valence-corrected chi connectivity index (χ3v) is 6.85. The van der Waals surface area contributed by atoms with Crippen molar-refractivity contribution in [2.75, 3.05) is 18.4 Å². The SMILES string of the molecule is O=C(Nc1ccc(F)c(F)c1)[C@H](Cc1ccccc1)NC(=O)N1C[C@H]2C[C@@H](C1)c1cccc(=O)n1C2. The monoisotopic (exact) mass is 492 g/mol. The van der Waals surface area contributed by atoms with E-state index in [0.717, 1.165) is 29.8 Å². The van der Waals surface area contributed by atoms with Crippen molar-refractivity contribution in [3.63, 3.8) is 0 Å². The van der Waals surface area contributed by atoms with E-state index >= 15 is 0 Å². The molecule has 5 rings (SSSR count). The molecule has 36 heavy (non-hydrogen) atoms. The second kappa shape index (κ2) is 9.93. The number of hydrogen-bond acceptors (Lipinski definition) is 3. The lowest BCUT2D eigenvalue weighted by atomic mass is 9.83. The summed E-state index contributed by atoms with van der Waals surface area (Å²) in [6.45, 7) is 1.47. The molecule has 0 saturated carbocycles. The highest BCUT2D eigenvalue weighted by molar-refractivity contribution is 5.97. The predicted molar refractivity (Wildman–Crippen MR) is 131 cm³/mol. The third-order valence-electron chi connectivity index (χ3n) is 6.85. The van der Waals surface area contributed by atoms with Crippen LogP contribution in [0.3, 0.4) is 0 Å². The molecule has 2 aliphatic rings. The molecule has 3 aromatic rings. The number of nitrogens with one attached hydrogen (secondary N) is 2. The van der Waals surface area contributed by atoms with Gasteiger partial charge in [0.1, 0.15) is 6.04 Å². The van der Waals surface area contributed by atoms with E-state index in [-0.39, 0.29) is 35.5 Å². The van der Waals surface area contributed by atoms with Crippen molar-refractivity contribution in [3.8, 4) is 0 Å². The van der Waals surface area contributed by atoms with Crippen LogP contribution in [0.15, 0.2) is 71.5 Å². The van der Waals surface area contributed by atoms with E-state index in [1.165, 1.54) is 6.07 Å². The van der Waals surface area contributed by atoms with Gasteiger partial charge in [0.15, 0.2) is 11.6 Å². The summed E-state index contributed by atoms with van der Waals surface area (Å²) in [6.07, 6.45) is 1.12.